The van der Waals surface area contributed by atoms with E-state index in [0.29, 0.717) is 31.1 Å². The van der Waals surface area contributed by atoms with Crippen LogP contribution < -0.4 is 0 Å². The highest BCUT2D eigenvalue weighted by molar-refractivity contribution is 7.89. The summed E-state index contributed by atoms with van der Waals surface area (Å²) < 4.78 is 28.0. The molecule has 150 valence electrons. The predicted molar refractivity (Wildman–Crippen MR) is 117 cm³/mol. The average Bonchev–Trinajstić information content (AvgIpc) is 2.75. The van der Waals surface area contributed by atoms with Gasteiger partial charge in [0.2, 0.25) is 10.0 Å². The summed E-state index contributed by atoms with van der Waals surface area (Å²) in [5.74, 6) is 0. The van der Waals surface area contributed by atoms with Gasteiger partial charge in [-0.15, -0.1) is 0 Å². The molecule has 29 heavy (non-hydrogen) atoms. The van der Waals surface area contributed by atoms with Crippen LogP contribution in [0.15, 0.2) is 71.9 Å². The van der Waals surface area contributed by atoms with Gasteiger partial charge in [0.05, 0.1) is 4.90 Å². The molecule has 2 heterocycles. The van der Waals surface area contributed by atoms with Gasteiger partial charge in [-0.1, -0.05) is 48.0 Å². The van der Waals surface area contributed by atoms with Crippen LogP contribution in [0.2, 0.25) is 5.02 Å². The largest absolute Gasteiger partial charge is 0.297 e. The molecular formula is C22H22ClN3O2S. The molecule has 5 nitrogen and oxygen atoms in total. The van der Waals surface area contributed by atoms with Crippen LogP contribution in [0.4, 0.5) is 0 Å². The molecule has 7 heteroatoms. The van der Waals surface area contributed by atoms with Crippen LogP contribution in [0, 0.1) is 0 Å². The van der Waals surface area contributed by atoms with E-state index in [4.69, 9.17) is 11.6 Å². The lowest BCUT2D eigenvalue weighted by molar-refractivity contribution is 0.204. The summed E-state index contributed by atoms with van der Waals surface area (Å²) in [6, 6.07) is 14.8. The Kier molecular flexibility index (Phi) is 5.96. The minimum atomic E-state index is -3.53. The second-order valence-corrected chi connectivity index (χ2v) is 9.35. The normalized spacial score (nSPS) is 16.6. The first-order chi connectivity index (χ1) is 14.0. The fourth-order valence-electron chi connectivity index (χ4n) is 3.52. The molecule has 0 aliphatic carbocycles. The summed E-state index contributed by atoms with van der Waals surface area (Å²) >= 11 is 5.91. The lowest BCUT2D eigenvalue weighted by Crippen LogP contribution is -2.48. The van der Waals surface area contributed by atoms with Crippen LogP contribution in [0.3, 0.4) is 0 Å². The van der Waals surface area contributed by atoms with Crippen molar-refractivity contribution in [3.8, 4) is 0 Å². The Labute approximate surface area is 176 Å². The number of nitrogens with zero attached hydrogens (tertiary/aromatic N) is 3. The predicted octanol–water partition coefficient (Wildman–Crippen LogP) is 3.91. The van der Waals surface area contributed by atoms with E-state index in [9.17, 15) is 8.42 Å². The molecule has 0 spiro atoms. The Bertz CT molecular complexity index is 1120. The maximum atomic E-state index is 13.2. The molecular weight excluding hydrogens is 406 g/mol. The summed E-state index contributed by atoms with van der Waals surface area (Å²) in [7, 11) is -3.53. The van der Waals surface area contributed by atoms with Crippen molar-refractivity contribution in [1.82, 2.24) is 14.2 Å². The quantitative estimate of drug-likeness (QED) is 0.619. The van der Waals surface area contributed by atoms with E-state index in [2.05, 4.69) is 22.0 Å². The van der Waals surface area contributed by atoms with Gasteiger partial charge < -0.3 is 0 Å². The maximum absolute atomic E-state index is 13.2. The third kappa shape index (κ3) is 4.51. The van der Waals surface area contributed by atoms with Gasteiger partial charge >= 0.3 is 0 Å². The second-order valence-electron chi connectivity index (χ2n) is 7.01. The highest BCUT2D eigenvalue weighted by Crippen LogP contribution is 2.25. The maximum Gasteiger partial charge on any atom is 0.243 e. The van der Waals surface area contributed by atoms with Crippen molar-refractivity contribution in [3.63, 3.8) is 0 Å². The smallest absolute Gasteiger partial charge is 0.243 e. The monoisotopic (exact) mass is 427 g/mol. The van der Waals surface area contributed by atoms with Crippen LogP contribution in [0.5, 0.6) is 0 Å². The molecule has 1 aliphatic heterocycles. The first-order valence-corrected chi connectivity index (χ1v) is 11.3. The minimum absolute atomic E-state index is 0.355. The number of aromatic nitrogens is 1. The summed E-state index contributed by atoms with van der Waals surface area (Å²) in [5, 5.41) is 2.28. The van der Waals surface area contributed by atoms with Crippen LogP contribution in [-0.4, -0.2) is 55.3 Å². The fraction of sp³-hybridized carbons (Fsp3) is 0.227. The first-order valence-electron chi connectivity index (χ1n) is 9.51. The van der Waals surface area contributed by atoms with Crippen molar-refractivity contribution < 1.29 is 8.42 Å². The van der Waals surface area contributed by atoms with Gasteiger partial charge in [0.25, 0.3) is 0 Å². The molecule has 0 atom stereocenters. The van der Waals surface area contributed by atoms with Crippen LogP contribution in [0.1, 0.15) is 5.56 Å². The lowest BCUT2D eigenvalue weighted by atomic mass is 10.2. The van der Waals surface area contributed by atoms with Gasteiger partial charge in [0, 0.05) is 60.9 Å². The SMILES string of the molecule is O=S(=O)(c1cccc2cnccc12)N1CCN(C/C=C/c2ccc(Cl)cc2)CC1. The molecule has 1 aromatic heterocycles. The van der Waals surface area contributed by atoms with E-state index in [1.807, 2.05) is 30.3 Å². The summed E-state index contributed by atoms with van der Waals surface area (Å²) in [5.41, 5.74) is 1.10. The Morgan fingerprint density at radius 3 is 2.52 bits per heavy atom. The number of rotatable bonds is 5. The Balaban J connectivity index is 1.40. The molecule has 0 radical (unpaired) electrons. The van der Waals surface area contributed by atoms with Gasteiger partial charge in [-0.25, -0.2) is 8.42 Å². The Morgan fingerprint density at radius 2 is 1.76 bits per heavy atom. The van der Waals surface area contributed by atoms with Crippen molar-refractivity contribution in [2.75, 3.05) is 32.7 Å². The molecule has 1 aliphatic rings. The van der Waals surface area contributed by atoms with Crippen molar-refractivity contribution in [2.24, 2.45) is 0 Å². The van der Waals surface area contributed by atoms with Crippen molar-refractivity contribution in [1.29, 1.82) is 0 Å². The van der Waals surface area contributed by atoms with Crippen LogP contribution >= 0.6 is 11.6 Å². The zero-order chi connectivity index (χ0) is 20.3. The zero-order valence-corrected chi connectivity index (χ0v) is 17.5. The number of hydrogen-bond acceptors (Lipinski definition) is 4. The minimum Gasteiger partial charge on any atom is -0.297 e. The van der Waals surface area contributed by atoms with Gasteiger partial charge in [-0.05, 0) is 29.8 Å². The molecule has 0 unspecified atom stereocenters. The third-order valence-corrected chi connectivity index (χ3v) is 7.34. The zero-order valence-electron chi connectivity index (χ0n) is 15.9. The molecule has 0 N–H and O–H groups in total. The second kappa shape index (κ2) is 8.63. The molecule has 0 bridgehead atoms. The van der Waals surface area contributed by atoms with E-state index in [1.54, 1.807) is 34.9 Å². The number of hydrogen-bond donors (Lipinski definition) is 0. The summed E-state index contributed by atoms with van der Waals surface area (Å²) in [6.07, 6.45) is 7.49. The summed E-state index contributed by atoms with van der Waals surface area (Å²) in [6.45, 7) is 3.17. The molecule has 0 saturated carbocycles. The number of sulfonamides is 1. The molecule has 3 aromatic rings. The van der Waals surface area contributed by atoms with E-state index in [1.165, 1.54) is 0 Å². The van der Waals surface area contributed by atoms with E-state index < -0.39 is 10.0 Å². The molecule has 1 saturated heterocycles. The average molecular weight is 428 g/mol. The number of halogens is 1. The number of piperazine rings is 1. The van der Waals surface area contributed by atoms with Gasteiger partial charge in [0.15, 0.2) is 0 Å². The van der Waals surface area contributed by atoms with E-state index >= 15 is 0 Å². The van der Waals surface area contributed by atoms with E-state index in [0.717, 1.165) is 27.9 Å². The highest BCUT2D eigenvalue weighted by atomic mass is 35.5. The fourth-order valence-corrected chi connectivity index (χ4v) is 5.28. The lowest BCUT2D eigenvalue weighted by Gasteiger charge is -2.33. The van der Waals surface area contributed by atoms with Crippen molar-refractivity contribution in [2.45, 2.75) is 4.90 Å². The number of benzene rings is 2. The van der Waals surface area contributed by atoms with Gasteiger partial charge in [-0.2, -0.15) is 4.31 Å². The first kappa shape index (κ1) is 20.0. The van der Waals surface area contributed by atoms with Crippen LogP contribution in [-0.2, 0) is 10.0 Å². The van der Waals surface area contributed by atoms with Crippen molar-refractivity contribution >= 4 is 38.5 Å². The standard InChI is InChI=1S/C22H22ClN3O2S/c23-20-8-6-18(7-9-20)3-2-12-25-13-15-26(16-14-25)29(27,28)22-5-1-4-19-17-24-11-10-21(19)22/h1-11,17H,12-16H2/b3-2+. The number of pyridine rings is 1. The summed E-state index contributed by atoms with van der Waals surface area (Å²) in [4.78, 5) is 6.70. The van der Waals surface area contributed by atoms with Gasteiger partial charge in [0.1, 0.15) is 0 Å². The molecule has 2 aromatic carbocycles. The Morgan fingerprint density at radius 1 is 1.00 bits per heavy atom. The Hall–Kier alpha value is -2.25. The van der Waals surface area contributed by atoms with Crippen LogP contribution in [0.25, 0.3) is 16.8 Å². The molecule has 0 amide bonds. The molecule has 4 rings (SSSR count). The highest BCUT2D eigenvalue weighted by Gasteiger charge is 2.29. The third-order valence-electron chi connectivity index (χ3n) is 5.13. The number of fused-ring (bicyclic) bond motifs is 1. The van der Waals surface area contributed by atoms with E-state index in [-0.39, 0.29) is 0 Å². The topological polar surface area (TPSA) is 53.5 Å². The molecule has 1 fully saturated rings. The van der Waals surface area contributed by atoms with Gasteiger partial charge in [-0.3, -0.25) is 9.88 Å². The van der Waals surface area contributed by atoms with Crippen molar-refractivity contribution in [3.05, 3.63) is 77.6 Å².